The van der Waals surface area contributed by atoms with Gasteiger partial charge in [0.2, 0.25) is 0 Å². The van der Waals surface area contributed by atoms with Crippen molar-refractivity contribution in [1.29, 1.82) is 0 Å². The summed E-state index contributed by atoms with van der Waals surface area (Å²) in [5.41, 5.74) is 1.53. The molecule has 0 spiro atoms. The number of carbonyl (C=O) groups is 2. The van der Waals surface area contributed by atoms with Gasteiger partial charge in [-0.3, -0.25) is 9.59 Å². The molecular weight excluding hydrogens is 398 g/mol. The fourth-order valence-corrected chi connectivity index (χ4v) is 4.59. The van der Waals surface area contributed by atoms with Crippen molar-refractivity contribution in [3.63, 3.8) is 0 Å². The first kappa shape index (κ1) is 26.3. The van der Waals surface area contributed by atoms with Crippen molar-refractivity contribution in [2.24, 2.45) is 0 Å². The number of sulfone groups is 1. The summed E-state index contributed by atoms with van der Waals surface area (Å²) in [4.78, 5) is 26.8. The normalized spacial score (nSPS) is 12.4. The Labute approximate surface area is 183 Å². The zero-order chi connectivity index (χ0) is 23.1. The quantitative estimate of drug-likeness (QED) is 0.465. The van der Waals surface area contributed by atoms with Gasteiger partial charge in [0, 0.05) is 30.5 Å². The average molecular weight is 438 g/mol. The highest BCUT2D eigenvalue weighted by atomic mass is 32.2. The van der Waals surface area contributed by atoms with Crippen molar-refractivity contribution in [1.82, 2.24) is 4.90 Å². The van der Waals surface area contributed by atoms with E-state index in [4.69, 9.17) is 0 Å². The van der Waals surface area contributed by atoms with E-state index in [1.165, 1.54) is 0 Å². The summed E-state index contributed by atoms with van der Waals surface area (Å²) < 4.78 is 23.5. The van der Waals surface area contributed by atoms with Crippen LogP contribution in [0, 0.1) is 0 Å². The summed E-state index contributed by atoms with van der Waals surface area (Å²) >= 11 is 0. The number of unbranched alkanes of at least 4 members (excludes halogenated alkanes) is 2. The highest BCUT2D eigenvalue weighted by Gasteiger charge is 2.28. The second kappa shape index (κ2) is 11.1. The molecule has 0 aliphatic heterocycles. The minimum absolute atomic E-state index is 0.00286. The van der Waals surface area contributed by atoms with Gasteiger partial charge < -0.3 is 4.90 Å². The largest absolute Gasteiger partial charge is 0.334 e. The zero-order valence-electron chi connectivity index (χ0n) is 19.7. The van der Waals surface area contributed by atoms with Crippen molar-refractivity contribution in [3.8, 4) is 0 Å². The van der Waals surface area contributed by atoms with Crippen LogP contribution in [-0.4, -0.2) is 47.6 Å². The molecule has 0 heterocycles. The first-order chi connectivity index (χ1) is 13.8. The summed E-state index contributed by atoms with van der Waals surface area (Å²) in [5, 5.41) is 0. The number of benzene rings is 1. The number of hydrogen-bond donors (Lipinski definition) is 0. The summed E-state index contributed by atoms with van der Waals surface area (Å²) in [5.74, 6) is 0.311. The van der Waals surface area contributed by atoms with Gasteiger partial charge in [0.25, 0.3) is 5.91 Å². The van der Waals surface area contributed by atoms with Crippen LogP contribution in [0.1, 0.15) is 90.1 Å². The van der Waals surface area contributed by atoms with Gasteiger partial charge in [-0.1, -0.05) is 18.6 Å². The molecule has 0 radical (unpaired) electrons. The Morgan fingerprint density at radius 1 is 0.900 bits per heavy atom. The van der Waals surface area contributed by atoms with Crippen LogP contribution >= 0.6 is 0 Å². The number of Topliss-reactive ketones (excluding diaryl/α,β-unsaturated/α-hetero) is 1. The fourth-order valence-electron chi connectivity index (χ4n) is 3.39. The Balaban J connectivity index is 2.49. The predicted molar refractivity (Wildman–Crippen MR) is 124 cm³/mol. The van der Waals surface area contributed by atoms with Gasteiger partial charge in [-0.05, 0) is 79.0 Å². The molecule has 0 N–H and O–H groups in total. The van der Waals surface area contributed by atoms with Crippen LogP contribution in [-0.2, 0) is 21.1 Å². The third-order valence-electron chi connectivity index (χ3n) is 5.25. The smallest absolute Gasteiger partial charge is 0.254 e. The monoisotopic (exact) mass is 437 g/mol. The maximum absolute atomic E-state index is 12.7. The molecule has 170 valence electrons. The van der Waals surface area contributed by atoms with E-state index in [0.717, 1.165) is 12.0 Å². The third kappa shape index (κ3) is 7.86. The maximum Gasteiger partial charge on any atom is 0.254 e. The molecule has 6 heteroatoms. The average Bonchev–Trinajstić information content (AvgIpc) is 2.60. The van der Waals surface area contributed by atoms with Gasteiger partial charge in [-0.15, -0.1) is 0 Å². The Morgan fingerprint density at radius 3 is 1.90 bits per heavy atom. The topological polar surface area (TPSA) is 71.5 Å². The van der Waals surface area contributed by atoms with Gasteiger partial charge in [0.05, 0.1) is 10.5 Å². The van der Waals surface area contributed by atoms with E-state index in [1.807, 2.05) is 44.7 Å². The molecule has 1 rings (SSSR count). The molecule has 1 aromatic rings. The lowest BCUT2D eigenvalue weighted by molar-refractivity contribution is -0.118. The standard InChI is InChI=1S/C24H39NO4S/c1-18(2)25(19(3)4)23(27)21-14-12-20(13-15-21)17-22(26)11-9-8-10-16-30(28,29)24(5,6)7/h12-15,18-19H,8-11,16-17H2,1-7H3. The second-order valence-corrected chi connectivity index (χ2v) is 12.4. The van der Waals surface area contributed by atoms with Crippen LogP contribution in [0.3, 0.4) is 0 Å². The minimum atomic E-state index is -3.09. The van der Waals surface area contributed by atoms with Crippen molar-refractivity contribution in [3.05, 3.63) is 35.4 Å². The summed E-state index contributed by atoms with van der Waals surface area (Å²) in [6.45, 7) is 13.2. The number of hydrogen-bond acceptors (Lipinski definition) is 4. The van der Waals surface area contributed by atoms with Crippen LogP contribution in [0.25, 0.3) is 0 Å². The lowest BCUT2D eigenvalue weighted by atomic mass is 10.0. The molecule has 0 aliphatic rings. The molecule has 0 aromatic heterocycles. The summed E-state index contributed by atoms with van der Waals surface area (Å²) in [6.07, 6.45) is 2.81. The van der Waals surface area contributed by atoms with E-state index in [1.54, 1.807) is 32.9 Å². The van der Waals surface area contributed by atoms with E-state index >= 15 is 0 Å². The molecule has 0 atom stereocenters. The lowest BCUT2D eigenvalue weighted by Crippen LogP contribution is -2.42. The molecule has 0 saturated heterocycles. The summed E-state index contributed by atoms with van der Waals surface area (Å²) in [6, 6.07) is 7.52. The number of nitrogens with zero attached hydrogens (tertiary/aromatic N) is 1. The van der Waals surface area contributed by atoms with E-state index in [0.29, 0.717) is 31.2 Å². The minimum Gasteiger partial charge on any atom is -0.334 e. The highest BCUT2D eigenvalue weighted by Crippen LogP contribution is 2.18. The number of amides is 1. The maximum atomic E-state index is 12.7. The van der Waals surface area contributed by atoms with Crippen LogP contribution in [0.5, 0.6) is 0 Å². The molecule has 5 nitrogen and oxygen atoms in total. The zero-order valence-corrected chi connectivity index (χ0v) is 20.5. The third-order valence-corrected chi connectivity index (χ3v) is 7.94. The lowest BCUT2D eigenvalue weighted by Gasteiger charge is -2.30. The van der Waals surface area contributed by atoms with E-state index in [-0.39, 0.29) is 29.5 Å². The van der Waals surface area contributed by atoms with Crippen LogP contribution in [0.15, 0.2) is 24.3 Å². The molecule has 0 saturated carbocycles. The Hall–Kier alpha value is -1.69. The van der Waals surface area contributed by atoms with Gasteiger partial charge >= 0.3 is 0 Å². The van der Waals surface area contributed by atoms with Crippen molar-refractivity contribution >= 4 is 21.5 Å². The Kier molecular flexibility index (Phi) is 9.73. The van der Waals surface area contributed by atoms with Crippen molar-refractivity contribution in [2.45, 2.75) is 97.4 Å². The highest BCUT2D eigenvalue weighted by molar-refractivity contribution is 7.92. The van der Waals surface area contributed by atoms with E-state index in [9.17, 15) is 18.0 Å². The van der Waals surface area contributed by atoms with Crippen molar-refractivity contribution in [2.75, 3.05) is 5.75 Å². The van der Waals surface area contributed by atoms with Gasteiger partial charge in [0.15, 0.2) is 9.84 Å². The molecule has 1 aromatic carbocycles. The number of ketones is 1. The SMILES string of the molecule is CC(C)N(C(=O)c1ccc(CC(=O)CCCCCS(=O)(=O)C(C)(C)C)cc1)C(C)C. The fraction of sp³-hybridized carbons (Fsp3) is 0.667. The molecular formula is C24H39NO4S. The number of rotatable bonds is 11. The Bertz CT molecular complexity index is 795. The van der Waals surface area contributed by atoms with Crippen LogP contribution < -0.4 is 0 Å². The molecule has 30 heavy (non-hydrogen) atoms. The first-order valence-corrected chi connectivity index (χ1v) is 12.6. The van der Waals surface area contributed by atoms with Gasteiger partial charge in [0.1, 0.15) is 5.78 Å². The molecule has 0 fully saturated rings. The molecule has 1 amide bonds. The predicted octanol–water partition coefficient (Wildman–Crippen LogP) is 4.83. The number of carbonyl (C=O) groups excluding carboxylic acids is 2. The first-order valence-electron chi connectivity index (χ1n) is 10.9. The molecule has 0 aliphatic carbocycles. The van der Waals surface area contributed by atoms with E-state index in [2.05, 4.69) is 0 Å². The van der Waals surface area contributed by atoms with Gasteiger partial charge in [-0.25, -0.2) is 8.42 Å². The molecule has 0 unspecified atom stereocenters. The summed E-state index contributed by atoms with van der Waals surface area (Å²) in [7, 11) is -3.09. The van der Waals surface area contributed by atoms with Crippen LogP contribution in [0.4, 0.5) is 0 Å². The van der Waals surface area contributed by atoms with E-state index < -0.39 is 14.6 Å². The van der Waals surface area contributed by atoms with Crippen LogP contribution in [0.2, 0.25) is 0 Å². The molecule has 0 bridgehead atoms. The van der Waals surface area contributed by atoms with Crippen molar-refractivity contribution < 1.29 is 18.0 Å². The second-order valence-electron chi connectivity index (χ2n) is 9.55. The van der Waals surface area contributed by atoms with Gasteiger partial charge in [-0.2, -0.15) is 0 Å². The Morgan fingerprint density at radius 2 is 1.43 bits per heavy atom.